The Morgan fingerprint density at radius 1 is 1.21 bits per heavy atom. The summed E-state index contributed by atoms with van der Waals surface area (Å²) in [6, 6.07) is 0. The maximum absolute atomic E-state index is 11.2. The van der Waals surface area contributed by atoms with Gasteiger partial charge >= 0.3 is 0 Å². The van der Waals surface area contributed by atoms with Crippen LogP contribution in [0, 0.1) is 0 Å². The van der Waals surface area contributed by atoms with Crippen LogP contribution in [0.5, 0.6) is 0 Å². The zero-order chi connectivity index (χ0) is 11.2. The average Bonchev–Trinajstić information content (AvgIpc) is 2.00. The Morgan fingerprint density at radius 3 is 2.21 bits per heavy atom. The fourth-order valence-electron chi connectivity index (χ4n) is 0.843. The van der Waals surface area contributed by atoms with E-state index in [1.54, 1.807) is 0 Å². The molecular formula is C9H17ClN2O2. The highest BCUT2D eigenvalue weighted by Crippen LogP contribution is 1.98. The zero-order valence-corrected chi connectivity index (χ0v) is 9.57. The first-order valence-corrected chi connectivity index (χ1v) is 5.02. The minimum Gasteiger partial charge on any atom is -0.355 e. The first-order valence-electron chi connectivity index (χ1n) is 4.49. The highest BCUT2D eigenvalue weighted by molar-refractivity contribution is 6.27. The molecule has 0 atom stereocenters. The summed E-state index contributed by atoms with van der Waals surface area (Å²) in [4.78, 5) is 21.9. The van der Waals surface area contributed by atoms with Crippen LogP contribution in [-0.2, 0) is 9.59 Å². The van der Waals surface area contributed by atoms with E-state index >= 15 is 0 Å². The van der Waals surface area contributed by atoms with Gasteiger partial charge in [0.25, 0.3) is 0 Å². The van der Waals surface area contributed by atoms with E-state index in [2.05, 4.69) is 10.6 Å². The van der Waals surface area contributed by atoms with Crippen molar-refractivity contribution in [3.63, 3.8) is 0 Å². The molecule has 0 aromatic carbocycles. The van der Waals surface area contributed by atoms with Crippen molar-refractivity contribution in [1.29, 1.82) is 0 Å². The summed E-state index contributed by atoms with van der Waals surface area (Å²) < 4.78 is 0. The molecule has 0 saturated carbocycles. The van der Waals surface area contributed by atoms with Gasteiger partial charge < -0.3 is 10.6 Å². The molecule has 14 heavy (non-hydrogen) atoms. The van der Waals surface area contributed by atoms with Gasteiger partial charge in [0.2, 0.25) is 11.8 Å². The molecular weight excluding hydrogens is 204 g/mol. The minimum absolute atomic E-state index is 0.0686. The second kappa shape index (κ2) is 5.86. The molecule has 0 aliphatic carbocycles. The quantitative estimate of drug-likeness (QED) is 0.684. The van der Waals surface area contributed by atoms with Gasteiger partial charge in [-0.3, -0.25) is 9.59 Å². The number of rotatable bonds is 4. The number of hydrogen-bond donors (Lipinski definition) is 2. The van der Waals surface area contributed by atoms with E-state index in [-0.39, 0.29) is 29.7 Å². The molecule has 0 heterocycles. The summed E-state index contributed by atoms with van der Waals surface area (Å²) >= 11 is 5.26. The van der Waals surface area contributed by atoms with Crippen LogP contribution in [0.4, 0.5) is 0 Å². The fraction of sp³-hybridized carbons (Fsp3) is 0.778. The van der Waals surface area contributed by atoms with Gasteiger partial charge in [-0.2, -0.15) is 0 Å². The molecule has 0 aromatic rings. The number of carbonyl (C=O) groups is 2. The Hall–Kier alpha value is -0.770. The molecule has 4 nitrogen and oxygen atoms in total. The fourth-order valence-corrected chi connectivity index (χ4v) is 0.938. The Bertz CT molecular complexity index is 211. The SMILES string of the molecule is CC(C)(C)NC(=O)CCNC(=O)CCl. The summed E-state index contributed by atoms with van der Waals surface area (Å²) in [5.41, 5.74) is -0.229. The molecule has 0 aliphatic rings. The lowest BCUT2D eigenvalue weighted by atomic mass is 10.1. The molecule has 5 heteroatoms. The molecule has 0 bridgehead atoms. The third kappa shape index (κ3) is 7.86. The van der Waals surface area contributed by atoms with Gasteiger partial charge in [-0.15, -0.1) is 11.6 Å². The summed E-state index contributed by atoms with van der Waals surface area (Å²) in [6.07, 6.45) is 0.278. The molecule has 0 radical (unpaired) electrons. The smallest absolute Gasteiger partial charge is 0.234 e. The lowest BCUT2D eigenvalue weighted by molar-refractivity contribution is -0.122. The van der Waals surface area contributed by atoms with Crippen molar-refractivity contribution >= 4 is 23.4 Å². The van der Waals surface area contributed by atoms with Crippen LogP contribution < -0.4 is 10.6 Å². The Morgan fingerprint density at radius 2 is 1.79 bits per heavy atom. The van der Waals surface area contributed by atoms with Crippen molar-refractivity contribution in [2.24, 2.45) is 0 Å². The van der Waals surface area contributed by atoms with E-state index in [0.717, 1.165) is 0 Å². The van der Waals surface area contributed by atoms with Crippen molar-refractivity contribution < 1.29 is 9.59 Å². The van der Waals surface area contributed by atoms with Gasteiger partial charge in [0.1, 0.15) is 5.88 Å². The Balaban J connectivity index is 3.60. The first kappa shape index (κ1) is 13.2. The Labute approximate surface area is 89.4 Å². The van der Waals surface area contributed by atoms with E-state index in [9.17, 15) is 9.59 Å². The van der Waals surface area contributed by atoms with Gasteiger partial charge in [0.05, 0.1) is 0 Å². The van der Waals surface area contributed by atoms with Crippen LogP contribution in [0.2, 0.25) is 0 Å². The number of alkyl halides is 1. The zero-order valence-electron chi connectivity index (χ0n) is 8.82. The maximum Gasteiger partial charge on any atom is 0.234 e. The molecule has 0 unspecified atom stereocenters. The molecule has 0 spiro atoms. The Kier molecular flexibility index (Phi) is 5.53. The summed E-state index contributed by atoms with van der Waals surface area (Å²) in [6.45, 7) is 6.04. The van der Waals surface area contributed by atoms with Crippen LogP contribution in [0.25, 0.3) is 0 Å². The molecule has 82 valence electrons. The lowest BCUT2D eigenvalue weighted by Crippen LogP contribution is -2.42. The van der Waals surface area contributed by atoms with E-state index in [1.165, 1.54) is 0 Å². The molecule has 2 N–H and O–H groups in total. The van der Waals surface area contributed by atoms with Crippen molar-refractivity contribution in [2.45, 2.75) is 32.7 Å². The molecule has 0 rings (SSSR count). The summed E-state index contributed by atoms with van der Waals surface area (Å²) in [5.74, 6) is -0.399. The standard InChI is InChI=1S/C9H17ClN2O2/c1-9(2,3)12-7(13)4-5-11-8(14)6-10/h4-6H2,1-3H3,(H,11,14)(H,12,13). The first-order chi connectivity index (χ1) is 6.35. The number of halogens is 1. The van der Waals surface area contributed by atoms with E-state index in [4.69, 9.17) is 11.6 Å². The number of amides is 2. The predicted molar refractivity (Wildman–Crippen MR) is 56.2 cm³/mol. The topological polar surface area (TPSA) is 58.2 Å². The van der Waals surface area contributed by atoms with Gasteiger partial charge in [0.15, 0.2) is 0 Å². The lowest BCUT2D eigenvalue weighted by Gasteiger charge is -2.20. The molecule has 2 amide bonds. The van der Waals surface area contributed by atoms with Crippen molar-refractivity contribution in [2.75, 3.05) is 12.4 Å². The van der Waals surface area contributed by atoms with Crippen molar-refractivity contribution in [1.82, 2.24) is 10.6 Å². The third-order valence-corrected chi connectivity index (χ3v) is 1.55. The second-order valence-electron chi connectivity index (χ2n) is 4.03. The molecule has 0 fully saturated rings. The van der Waals surface area contributed by atoms with Gasteiger partial charge in [-0.25, -0.2) is 0 Å². The second-order valence-corrected chi connectivity index (χ2v) is 4.30. The third-order valence-electron chi connectivity index (χ3n) is 1.31. The largest absolute Gasteiger partial charge is 0.355 e. The van der Waals surface area contributed by atoms with Crippen LogP contribution >= 0.6 is 11.6 Å². The normalized spacial score (nSPS) is 10.9. The number of nitrogens with one attached hydrogen (secondary N) is 2. The highest BCUT2D eigenvalue weighted by atomic mass is 35.5. The van der Waals surface area contributed by atoms with Gasteiger partial charge in [-0.1, -0.05) is 0 Å². The monoisotopic (exact) mass is 220 g/mol. The summed E-state index contributed by atoms with van der Waals surface area (Å²) in [5, 5.41) is 5.30. The van der Waals surface area contributed by atoms with Crippen LogP contribution in [-0.4, -0.2) is 29.8 Å². The number of carbonyl (C=O) groups excluding carboxylic acids is 2. The molecule has 0 aromatic heterocycles. The van der Waals surface area contributed by atoms with Gasteiger partial charge in [0, 0.05) is 18.5 Å². The predicted octanol–water partition coefficient (Wildman–Crippen LogP) is 0.646. The van der Waals surface area contributed by atoms with E-state index in [0.29, 0.717) is 6.54 Å². The molecule has 0 aliphatic heterocycles. The average molecular weight is 221 g/mol. The highest BCUT2D eigenvalue weighted by Gasteiger charge is 2.13. The van der Waals surface area contributed by atoms with E-state index < -0.39 is 0 Å². The van der Waals surface area contributed by atoms with E-state index in [1.807, 2.05) is 20.8 Å². The van der Waals surface area contributed by atoms with Crippen LogP contribution in [0.1, 0.15) is 27.2 Å². The van der Waals surface area contributed by atoms with Crippen LogP contribution in [0.15, 0.2) is 0 Å². The van der Waals surface area contributed by atoms with Crippen molar-refractivity contribution in [3.05, 3.63) is 0 Å². The van der Waals surface area contributed by atoms with Crippen molar-refractivity contribution in [3.8, 4) is 0 Å². The summed E-state index contributed by atoms with van der Waals surface area (Å²) in [7, 11) is 0. The maximum atomic E-state index is 11.2. The van der Waals surface area contributed by atoms with Gasteiger partial charge in [-0.05, 0) is 20.8 Å². The number of hydrogen-bond acceptors (Lipinski definition) is 2. The van der Waals surface area contributed by atoms with Crippen LogP contribution in [0.3, 0.4) is 0 Å². The minimum atomic E-state index is -0.254. The molecule has 0 saturated heterocycles.